The van der Waals surface area contributed by atoms with E-state index in [9.17, 15) is 14.0 Å². The Labute approximate surface area is 131 Å². The minimum atomic E-state index is -0.585. The van der Waals surface area contributed by atoms with Gasteiger partial charge in [0, 0.05) is 18.0 Å². The summed E-state index contributed by atoms with van der Waals surface area (Å²) in [5.74, 6) is -1.12. The smallest absolute Gasteiger partial charge is 0.336 e. The fourth-order valence-corrected chi connectivity index (χ4v) is 2.40. The van der Waals surface area contributed by atoms with Crippen LogP contribution in [0.4, 0.5) is 4.39 Å². The van der Waals surface area contributed by atoms with Crippen LogP contribution in [0.3, 0.4) is 0 Å². The lowest BCUT2D eigenvalue weighted by Crippen LogP contribution is -2.24. The summed E-state index contributed by atoms with van der Waals surface area (Å²) in [5, 5.41) is 3.37. The van der Waals surface area contributed by atoms with Gasteiger partial charge in [0.15, 0.2) is 0 Å². The number of carbonyl (C=O) groups excluding carboxylic acids is 1. The van der Waals surface area contributed by atoms with Gasteiger partial charge in [-0.3, -0.25) is 4.79 Å². The lowest BCUT2D eigenvalue weighted by atomic mass is 10.1. The largest absolute Gasteiger partial charge is 0.423 e. The van der Waals surface area contributed by atoms with E-state index in [1.165, 1.54) is 24.3 Å². The van der Waals surface area contributed by atoms with Crippen molar-refractivity contribution in [3.63, 3.8) is 0 Å². The third-order valence-corrected chi connectivity index (χ3v) is 3.54. The van der Waals surface area contributed by atoms with Crippen molar-refractivity contribution in [3.05, 3.63) is 81.5 Å². The Bertz CT molecular complexity index is 946. The molecule has 0 radical (unpaired) electrons. The van der Waals surface area contributed by atoms with Crippen molar-refractivity contribution in [1.29, 1.82) is 0 Å². The first-order chi connectivity index (χ1) is 11.0. The Morgan fingerprint density at radius 3 is 2.74 bits per heavy atom. The van der Waals surface area contributed by atoms with Gasteiger partial charge in [-0.1, -0.05) is 24.3 Å². The summed E-state index contributed by atoms with van der Waals surface area (Å²) < 4.78 is 18.8. The molecule has 116 valence electrons. The van der Waals surface area contributed by atoms with Crippen molar-refractivity contribution in [2.24, 2.45) is 0 Å². The first-order valence-electron chi connectivity index (χ1n) is 7.11. The highest BCUT2D eigenvalue weighted by molar-refractivity contribution is 5.94. The minimum absolute atomic E-state index is 0.0318. The second-order valence-corrected chi connectivity index (χ2v) is 5.25. The van der Waals surface area contributed by atoms with Crippen molar-refractivity contribution < 1.29 is 13.6 Å². The third kappa shape index (κ3) is 3.13. The van der Waals surface area contributed by atoms with Crippen LogP contribution in [0.2, 0.25) is 0 Å². The monoisotopic (exact) mass is 311 g/mol. The molecule has 0 saturated heterocycles. The van der Waals surface area contributed by atoms with Gasteiger partial charge in [-0.25, -0.2) is 9.18 Å². The zero-order valence-electron chi connectivity index (χ0n) is 12.4. The first kappa shape index (κ1) is 15.0. The second kappa shape index (κ2) is 6.04. The summed E-state index contributed by atoms with van der Waals surface area (Å²) in [6.07, 6.45) is 0. The van der Waals surface area contributed by atoms with Crippen molar-refractivity contribution in [1.82, 2.24) is 5.32 Å². The molecule has 3 aromatic rings. The lowest BCUT2D eigenvalue weighted by molar-refractivity contribution is 0.0947. The molecule has 0 aliphatic carbocycles. The van der Waals surface area contributed by atoms with Gasteiger partial charge in [0.2, 0.25) is 0 Å². The molecule has 4 nitrogen and oxygen atoms in total. The number of rotatable bonds is 3. The van der Waals surface area contributed by atoms with Crippen LogP contribution in [0, 0.1) is 12.7 Å². The molecule has 2 aromatic carbocycles. The number of hydrogen-bond acceptors (Lipinski definition) is 3. The number of hydrogen-bond donors (Lipinski definition) is 1. The van der Waals surface area contributed by atoms with Crippen molar-refractivity contribution in [2.75, 3.05) is 0 Å². The average Bonchev–Trinajstić information content (AvgIpc) is 2.52. The molecule has 0 saturated carbocycles. The van der Waals surface area contributed by atoms with Crippen LogP contribution < -0.4 is 10.9 Å². The Morgan fingerprint density at radius 1 is 1.17 bits per heavy atom. The Kier molecular flexibility index (Phi) is 3.93. The molecule has 23 heavy (non-hydrogen) atoms. The summed E-state index contributed by atoms with van der Waals surface area (Å²) >= 11 is 0. The van der Waals surface area contributed by atoms with E-state index in [4.69, 9.17) is 4.42 Å². The number of aryl methyl sites for hydroxylation is 1. The molecular weight excluding hydrogens is 297 g/mol. The molecule has 3 rings (SSSR count). The molecule has 1 N–H and O–H groups in total. The summed E-state index contributed by atoms with van der Waals surface area (Å²) in [4.78, 5) is 23.7. The first-order valence-corrected chi connectivity index (χ1v) is 7.11. The predicted octanol–water partition coefficient (Wildman–Crippen LogP) is 3.17. The molecule has 0 fully saturated rings. The summed E-state index contributed by atoms with van der Waals surface area (Å²) in [7, 11) is 0. The van der Waals surface area contributed by atoms with Gasteiger partial charge in [-0.15, -0.1) is 0 Å². The molecule has 5 heteroatoms. The maximum absolute atomic E-state index is 13.6. The van der Waals surface area contributed by atoms with E-state index in [1.54, 1.807) is 12.1 Å². The average molecular weight is 311 g/mol. The van der Waals surface area contributed by atoms with Crippen LogP contribution in [0.25, 0.3) is 11.0 Å². The Hall–Kier alpha value is -2.95. The Balaban J connectivity index is 1.89. The van der Waals surface area contributed by atoms with Crippen LogP contribution in [-0.4, -0.2) is 5.91 Å². The summed E-state index contributed by atoms with van der Waals surface area (Å²) in [6, 6.07) is 12.6. The predicted molar refractivity (Wildman–Crippen MR) is 84.8 cm³/mol. The van der Waals surface area contributed by atoms with Crippen LogP contribution in [0.5, 0.6) is 0 Å². The topological polar surface area (TPSA) is 59.3 Å². The van der Waals surface area contributed by atoms with E-state index in [0.717, 1.165) is 10.9 Å². The van der Waals surface area contributed by atoms with Gasteiger partial charge in [0.1, 0.15) is 11.4 Å². The molecular formula is C18H14FNO3. The van der Waals surface area contributed by atoms with Crippen LogP contribution in [0.15, 0.2) is 57.7 Å². The zero-order chi connectivity index (χ0) is 16.4. The molecule has 0 bridgehead atoms. The zero-order valence-corrected chi connectivity index (χ0v) is 12.4. The number of amides is 1. The maximum Gasteiger partial charge on any atom is 0.336 e. The summed E-state index contributed by atoms with van der Waals surface area (Å²) in [5.41, 5.74) is 1.54. The molecule has 0 atom stereocenters. The van der Waals surface area contributed by atoms with Crippen LogP contribution >= 0.6 is 0 Å². The number of fused-ring (bicyclic) bond motifs is 1. The standard InChI is InChI=1S/C18H14FNO3/c1-11-6-7-13-12(9-17(21)23-16(13)8-11)10-20-18(22)14-4-2-3-5-15(14)19/h2-9H,10H2,1H3,(H,20,22). The van der Waals surface area contributed by atoms with Gasteiger partial charge in [0.05, 0.1) is 5.56 Å². The number of nitrogens with one attached hydrogen (secondary N) is 1. The van der Waals surface area contributed by atoms with Crippen molar-refractivity contribution in [3.8, 4) is 0 Å². The molecule has 0 aliphatic heterocycles. The highest BCUT2D eigenvalue weighted by Crippen LogP contribution is 2.18. The normalized spacial score (nSPS) is 10.7. The van der Waals surface area contributed by atoms with Crippen LogP contribution in [0.1, 0.15) is 21.5 Å². The SMILES string of the molecule is Cc1ccc2c(CNC(=O)c3ccccc3F)cc(=O)oc2c1. The lowest BCUT2D eigenvalue weighted by Gasteiger charge is -2.08. The fourth-order valence-electron chi connectivity index (χ4n) is 2.40. The molecule has 1 heterocycles. The second-order valence-electron chi connectivity index (χ2n) is 5.25. The highest BCUT2D eigenvalue weighted by atomic mass is 19.1. The van der Waals surface area contributed by atoms with E-state index in [0.29, 0.717) is 11.1 Å². The highest BCUT2D eigenvalue weighted by Gasteiger charge is 2.12. The number of halogens is 1. The van der Waals surface area contributed by atoms with Gasteiger partial charge < -0.3 is 9.73 Å². The van der Waals surface area contributed by atoms with Gasteiger partial charge in [-0.2, -0.15) is 0 Å². The minimum Gasteiger partial charge on any atom is -0.423 e. The van der Waals surface area contributed by atoms with E-state index in [2.05, 4.69) is 5.32 Å². The van der Waals surface area contributed by atoms with E-state index in [-0.39, 0.29) is 12.1 Å². The fraction of sp³-hybridized carbons (Fsp3) is 0.111. The number of benzene rings is 2. The molecule has 1 aromatic heterocycles. The Morgan fingerprint density at radius 2 is 1.96 bits per heavy atom. The van der Waals surface area contributed by atoms with E-state index in [1.807, 2.05) is 19.1 Å². The maximum atomic E-state index is 13.6. The van der Waals surface area contributed by atoms with Crippen LogP contribution in [-0.2, 0) is 6.54 Å². The van der Waals surface area contributed by atoms with Gasteiger partial charge in [0.25, 0.3) is 5.91 Å². The third-order valence-electron chi connectivity index (χ3n) is 3.54. The quantitative estimate of drug-likeness (QED) is 0.756. The molecule has 0 spiro atoms. The molecule has 0 unspecified atom stereocenters. The molecule has 0 aliphatic rings. The summed E-state index contributed by atoms with van der Waals surface area (Å²) in [6.45, 7) is 2.00. The van der Waals surface area contributed by atoms with Crippen molar-refractivity contribution >= 4 is 16.9 Å². The van der Waals surface area contributed by atoms with E-state index >= 15 is 0 Å². The van der Waals surface area contributed by atoms with Crippen molar-refractivity contribution in [2.45, 2.75) is 13.5 Å². The molecule has 1 amide bonds. The van der Waals surface area contributed by atoms with E-state index < -0.39 is 17.3 Å². The number of carbonyl (C=O) groups is 1. The van der Waals surface area contributed by atoms with Gasteiger partial charge >= 0.3 is 5.63 Å². The van der Waals surface area contributed by atoms with Gasteiger partial charge in [-0.05, 0) is 36.2 Å².